The molecule has 58 heavy (non-hydrogen) atoms. The first kappa shape index (κ1) is 43.2. The van der Waals surface area contributed by atoms with E-state index in [4.69, 9.17) is 0 Å². The minimum atomic E-state index is 0. The van der Waals surface area contributed by atoms with E-state index in [1.54, 1.807) is 0 Å². The van der Waals surface area contributed by atoms with Gasteiger partial charge in [-0.1, -0.05) is 176 Å². The molecule has 0 N–H and O–H groups in total. The molecule has 2 heteroatoms. The molecule has 289 valence electrons. The molecule has 0 amide bonds. The second-order valence-electron chi connectivity index (χ2n) is 18.2. The molecule has 1 aliphatic heterocycles. The van der Waals surface area contributed by atoms with Crippen LogP contribution in [0, 0.1) is 6.07 Å². The Morgan fingerprint density at radius 1 is 0.466 bits per heavy atom. The molecule has 8 aromatic rings. The number of fused-ring (bicyclic) bond motifs is 5. The predicted octanol–water partition coefficient (Wildman–Crippen LogP) is 14.4. The fourth-order valence-corrected chi connectivity index (χ4v) is 9.33. The van der Waals surface area contributed by atoms with Crippen molar-refractivity contribution in [3.63, 3.8) is 0 Å². The third-order valence-electron chi connectivity index (χ3n) is 11.3. The summed E-state index contributed by atoms with van der Waals surface area (Å²) in [6.07, 6.45) is 0. The Labute approximate surface area is 370 Å². The first-order chi connectivity index (χ1) is 27.2. The van der Waals surface area contributed by atoms with Crippen molar-refractivity contribution in [3.05, 3.63) is 180 Å². The summed E-state index contributed by atoms with van der Waals surface area (Å²) in [4.78, 5) is 0. The summed E-state index contributed by atoms with van der Waals surface area (Å²) in [5, 5.41) is 8.27. The molecule has 0 saturated carbocycles. The van der Waals surface area contributed by atoms with Gasteiger partial charge in [-0.2, -0.15) is 41.6 Å². The second kappa shape index (κ2) is 17.9. The van der Waals surface area contributed by atoms with Crippen LogP contribution in [-0.4, -0.2) is 9.52 Å². The van der Waals surface area contributed by atoms with E-state index in [2.05, 4.69) is 221 Å². The molecule has 3 radical (unpaired) electrons. The van der Waals surface area contributed by atoms with Crippen molar-refractivity contribution >= 4 is 41.4 Å². The summed E-state index contributed by atoms with van der Waals surface area (Å²) in [6, 6.07) is 58.6. The van der Waals surface area contributed by atoms with Crippen LogP contribution in [0.2, 0.25) is 0 Å². The van der Waals surface area contributed by atoms with Gasteiger partial charge in [0.15, 0.2) is 0 Å². The Kier molecular flexibility index (Phi) is 13.3. The van der Waals surface area contributed by atoms with Crippen LogP contribution in [0.3, 0.4) is 0 Å². The maximum Gasteiger partial charge on any atom is 3.00 e. The molecule has 1 aliphatic rings. The monoisotopic (exact) mass is 847 g/mol. The van der Waals surface area contributed by atoms with Gasteiger partial charge in [0.1, 0.15) is 0 Å². The van der Waals surface area contributed by atoms with Gasteiger partial charge in [-0.15, -0.1) is 74.6 Å². The van der Waals surface area contributed by atoms with E-state index in [1.165, 1.54) is 87.6 Å². The van der Waals surface area contributed by atoms with Gasteiger partial charge in [0.25, 0.3) is 0 Å². The molecule has 0 spiro atoms. The Morgan fingerprint density at radius 3 is 1.34 bits per heavy atom. The molecule has 0 bridgehead atoms. The van der Waals surface area contributed by atoms with Crippen molar-refractivity contribution in [2.75, 3.05) is 0 Å². The third-order valence-corrected chi connectivity index (χ3v) is 12.7. The van der Waals surface area contributed by atoms with Gasteiger partial charge in [-0.25, -0.2) is 0 Å². The predicted molar refractivity (Wildman–Crippen MR) is 251 cm³/mol. The first-order valence-electron chi connectivity index (χ1n) is 20.7. The van der Waals surface area contributed by atoms with Crippen molar-refractivity contribution in [3.8, 4) is 33.4 Å². The average Bonchev–Trinajstić information content (AvgIpc) is 3.94. The summed E-state index contributed by atoms with van der Waals surface area (Å²) in [5.74, 6) is 1.06. The molecule has 9 rings (SSSR count). The Morgan fingerprint density at radius 2 is 0.879 bits per heavy atom. The fraction of sp³-hybridized carbons (Fsp3) is 0.250. The third kappa shape index (κ3) is 9.25. The smallest absolute Gasteiger partial charge is 0.184 e. The van der Waals surface area contributed by atoms with Crippen LogP contribution in [0.4, 0.5) is 0 Å². The van der Waals surface area contributed by atoms with Crippen molar-refractivity contribution in [2.45, 2.75) is 91.9 Å². The summed E-state index contributed by atoms with van der Waals surface area (Å²) in [5.41, 5.74) is 14.3. The molecular weight excluding hydrogens is 792 g/mol. The van der Waals surface area contributed by atoms with E-state index < -0.39 is 0 Å². The minimum Gasteiger partial charge on any atom is -0.184 e. The van der Waals surface area contributed by atoms with Crippen molar-refractivity contribution in [2.24, 2.45) is 0 Å². The van der Waals surface area contributed by atoms with Crippen LogP contribution in [0.1, 0.15) is 103 Å². The zero-order chi connectivity index (χ0) is 40.5. The molecule has 0 fully saturated rings. The topological polar surface area (TPSA) is 0 Å². The van der Waals surface area contributed by atoms with E-state index >= 15 is 0 Å². The number of rotatable bonds is 4. The van der Waals surface area contributed by atoms with Crippen LogP contribution in [0.25, 0.3) is 54.9 Å². The van der Waals surface area contributed by atoms with E-state index in [9.17, 15) is 0 Å². The van der Waals surface area contributed by atoms with Gasteiger partial charge < -0.3 is 0 Å². The molecular formula is C56H57SiZr. The normalized spacial score (nSPS) is 12.1. The minimum absolute atomic E-state index is 0. The Balaban J connectivity index is 0.000000150. The van der Waals surface area contributed by atoms with Crippen molar-refractivity contribution in [1.29, 1.82) is 0 Å². The van der Waals surface area contributed by atoms with Gasteiger partial charge in [0.2, 0.25) is 0 Å². The molecule has 1 heterocycles. The molecule has 0 aromatic heterocycles. The summed E-state index contributed by atoms with van der Waals surface area (Å²) >= 11 is 0. The average molecular weight is 849 g/mol. The van der Waals surface area contributed by atoms with E-state index in [1.807, 2.05) is 6.07 Å². The summed E-state index contributed by atoms with van der Waals surface area (Å²) in [6.45, 7) is 22.8. The SMILES string of the molecule is CC(C)c1ccccc1-c1cccc2[cH-]c(C(C)(C)C)cc12.CC(C)c1ccccc1-c1cccc2[cH-]c(C(C)(C)C)cc12.[Zr+3].[c-]1cccc2c1[Si]c1ccccc1-2. The maximum absolute atomic E-state index is 3.31. The quantitative estimate of drug-likeness (QED) is 0.122. The van der Waals surface area contributed by atoms with Crippen LogP contribution in [0.15, 0.2) is 152 Å². The van der Waals surface area contributed by atoms with E-state index in [0.717, 1.165) is 9.52 Å². The standard InChI is InChI=1S/2C22H25.C12H7Si.Zr/c2*1-15(2)18-10-6-7-11-19(18)20-12-8-9-16-13-17(14-21(16)20)22(3,4)5;1-3-7-11-9(5-1)10-6-2-4-8-12(10)13-11;/h2*6-15H,1-5H3;1-7H;/q3*-1;+3. The fourth-order valence-electron chi connectivity index (χ4n) is 8.02. The number of benzene rings is 6. The van der Waals surface area contributed by atoms with Crippen LogP contribution in [-0.2, 0) is 37.0 Å². The maximum atomic E-state index is 3.31. The van der Waals surface area contributed by atoms with Crippen LogP contribution < -0.4 is 10.4 Å². The molecule has 0 nitrogen and oxygen atoms in total. The molecule has 0 unspecified atom stereocenters. The zero-order valence-corrected chi connectivity index (χ0v) is 39.5. The van der Waals surface area contributed by atoms with Crippen LogP contribution >= 0.6 is 0 Å². The van der Waals surface area contributed by atoms with Gasteiger partial charge in [-0.05, 0) is 44.9 Å². The number of hydrogen-bond donors (Lipinski definition) is 0. The zero-order valence-electron chi connectivity index (χ0n) is 36.1. The molecule has 0 saturated heterocycles. The summed E-state index contributed by atoms with van der Waals surface area (Å²) < 4.78 is 0. The van der Waals surface area contributed by atoms with Gasteiger partial charge >= 0.3 is 26.2 Å². The van der Waals surface area contributed by atoms with E-state index in [0.29, 0.717) is 11.8 Å². The first-order valence-corrected chi connectivity index (χ1v) is 21.7. The van der Waals surface area contributed by atoms with Gasteiger partial charge in [0, 0.05) is 0 Å². The largest absolute Gasteiger partial charge is 3.00 e. The van der Waals surface area contributed by atoms with Crippen LogP contribution in [0.5, 0.6) is 0 Å². The number of hydrogen-bond acceptors (Lipinski definition) is 0. The van der Waals surface area contributed by atoms with Gasteiger partial charge in [-0.3, -0.25) is 0 Å². The summed E-state index contributed by atoms with van der Waals surface area (Å²) in [7, 11) is 0.795. The van der Waals surface area contributed by atoms with Crippen molar-refractivity contribution < 1.29 is 26.2 Å². The molecule has 0 aliphatic carbocycles. The van der Waals surface area contributed by atoms with E-state index in [-0.39, 0.29) is 37.0 Å². The van der Waals surface area contributed by atoms with Gasteiger partial charge in [0.05, 0.1) is 9.52 Å². The Hall–Kier alpha value is -4.36. The van der Waals surface area contributed by atoms with Crippen molar-refractivity contribution in [1.82, 2.24) is 0 Å². The molecule has 0 atom stereocenters. The second-order valence-corrected chi connectivity index (χ2v) is 19.5. The molecule has 8 aromatic carbocycles. The Bertz CT molecular complexity index is 2450.